The van der Waals surface area contributed by atoms with Gasteiger partial charge in [-0.25, -0.2) is 0 Å². The lowest BCUT2D eigenvalue weighted by atomic mass is 9.92. The molecule has 4 unspecified atom stereocenters. The molecule has 0 heterocycles. The number of carbonyl (C=O) groups is 2. The molecule has 0 aromatic carbocycles. The molecular formula is C15H30N2O6. The second-order valence-electron chi connectivity index (χ2n) is 5.55. The summed E-state index contributed by atoms with van der Waals surface area (Å²) in [6, 6.07) is -0.879. The fourth-order valence-corrected chi connectivity index (χ4v) is 1.97. The first-order valence-corrected chi connectivity index (χ1v) is 7.89. The van der Waals surface area contributed by atoms with Gasteiger partial charge in [0.25, 0.3) is 0 Å². The first kappa shape index (κ1) is 21.9. The molecule has 0 saturated heterocycles. The monoisotopic (exact) mass is 334 g/mol. The van der Waals surface area contributed by atoms with Crippen LogP contribution < -0.4 is 11.1 Å². The van der Waals surface area contributed by atoms with E-state index in [-0.39, 0.29) is 25.0 Å². The first-order chi connectivity index (χ1) is 10.9. The summed E-state index contributed by atoms with van der Waals surface area (Å²) in [5, 5.41) is 22.0. The summed E-state index contributed by atoms with van der Waals surface area (Å²) in [6.07, 6.45) is 0.683. The topological polar surface area (TPSA) is 131 Å². The second kappa shape index (κ2) is 13.4. The van der Waals surface area contributed by atoms with E-state index < -0.39 is 18.1 Å². The minimum absolute atomic E-state index is 0.0353. The highest BCUT2D eigenvalue weighted by Crippen LogP contribution is 2.14. The zero-order valence-corrected chi connectivity index (χ0v) is 13.9. The predicted molar refractivity (Wildman–Crippen MR) is 85.2 cm³/mol. The molecule has 0 saturated carbocycles. The Bertz CT molecular complexity index is 329. The average molecular weight is 334 g/mol. The first-order valence-electron chi connectivity index (χ1n) is 7.89. The zero-order chi connectivity index (χ0) is 17.7. The summed E-state index contributed by atoms with van der Waals surface area (Å²) in [7, 11) is 0. The Balaban J connectivity index is 3.73. The maximum Gasteiger partial charge on any atom is 0.320 e. The summed E-state index contributed by atoms with van der Waals surface area (Å²) in [5.41, 5.74) is 5.43. The number of ether oxygens (including phenoxy) is 2. The van der Waals surface area contributed by atoms with E-state index in [0.29, 0.717) is 39.1 Å². The standard InChI is InChI=1S/C15H30N2O6/c1-11(14(19)4-3-13(16)15(20)21)12(2)17-5-7-22-9-10-23-8-6-18/h6,11-14,17,19H,3-5,7-10,16H2,1-2H3,(H,20,21). The van der Waals surface area contributed by atoms with Crippen molar-refractivity contribution in [3.63, 3.8) is 0 Å². The van der Waals surface area contributed by atoms with Crippen LogP contribution in [0.3, 0.4) is 0 Å². The number of hydrogen-bond acceptors (Lipinski definition) is 7. The summed E-state index contributed by atoms with van der Waals surface area (Å²) in [6.45, 7) is 5.88. The maximum absolute atomic E-state index is 10.6. The summed E-state index contributed by atoms with van der Waals surface area (Å²) in [4.78, 5) is 20.7. The summed E-state index contributed by atoms with van der Waals surface area (Å²) < 4.78 is 10.3. The third-order valence-corrected chi connectivity index (χ3v) is 3.76. The van der Waals surface area contributed by atoms with Crippen LogP contribution in [0.25, 0.3) is 0 Å². The molecule has 5 N–H and O–H groups in total. The van der Waals surface area contributed by atoms with Gasteiger partial charge in [-0.1, -0.05) is 6.92 Å². The van der Waals surface area contributed by atoms with Crippen LogP contribution in [0.15, 0.2) is 0 Å². The number of aliphatic hydroxyl groups excluding tert-OH is 1. The summed E-state index contributed by atoms with van der Waals surface area (Å²) >= 11 is 0. The fourth-order valence-electron chi connectivity index (χ4n) is 1.97. The van der Waals surface area contributed by atoms with Gasteiger partial charge >= 0.3 is 5.97 Å². The van der Waals surface area contributed by atoms with Gasteiger partial charge in [-0.2, -0.15) is 0 Å². The Morgan fingerprint density at radius 1 is 1.22 bits per heavy atom. The van der Waals surface area contributed by atoms with Gasteiger partial charge in [-0.05, 0) is 25.7 Å². The van der Waals surface area contributed by atoms with Gasteiger partial charge in [0.05, 0.1) is 25.9 Å². The van der Waals surface area contributed by atoms with Gasteiger partial charge in [-0.3, -0.25) is 4.79 Å². The van der Waals surface area contributed by atoms with Crippen molar-refractivity contribution < 1.29 is 29.3 Å². The fraction of sp³-hybridized carbons (Fsp3) is 0.867. The molecule has 23 heavy (non-hydrogen) atoms. The Kier molecular flexibility index (Phi) is 12.8. The van der Waals surface area contributed by atoms with Gasteiger partial charge in [0.2, 0.25) is 0 Å². The molecule has 0 aromatic heterocycles. The highest BCUT2D eigenvalue weighted by atomic mass is 16.5. The number of aldehydes is 1. The minimum Gasteiger partial charge on any atom is -0.480 e. The van der Waals surface area contributed by atoms with Crippen molar-refractivity contribution in [3.05, 3.63) is 0 Å². The normalized spacial score (nSPS) is 16.5. The van der Waals surface area contributed by atoms with Crippen molar-refractivity contribution in [3.8, 4) is 0 Å². The molecule has 0 aliphatic rings. The number of carboxylic acids is 1. The van der Waals surface area contributed by atoms with E-state index in [9.17, 15) is 14.7 Å². The lowest BCUT2D eigenvalue weighted by molar-refractivity contribution is -0.138. The molecule has 8 nitrogen and oxygen atoms in total. The maximum atomic E-state index is 10.6. The Morgan fingerprint density at radius 2 is 1.87 bits per heavy atom. The third kappa shape index (κ3) is 11.2. The lowest BCUT2D eigenvalue weighted by Crippen LogP contribution is -2.40. The number of carbonyl (C=O) groups excluding carboxylic acids is 1. The number of nitrogens with one attached hydrogen (secondary N) is 1. The van der Waals surface area contributed by atoms with E-state index in [1.54, 1.807) is 0 Å². The molecular weight excluding hydrogens is 304 g/mol. The van der Waals surface area contributed by atoms with Gasteiger partial charge in [0, 0.05) is 12.6 Å². The number of aliphatic hydroxyl groups is 1. The molecule has 0 radical (unpaired) electrons. The molecule has 0 rings (SSSR count). The molecule has 0 amide bonds. The van der Waals surface area contributed by atoms with Crippen molar-refractivity contribution in [1.82, 2.24) is 5.32 Å². The number of carboxylic acid groups (broad SMARTS) is 1. The van der Waals surface area contributed by atoms with E-state index in [2.05, 4.69) is 5.32 Å². The van der Waals surface area contributed by atoms with Gasteiger partial charge < -0.3 is 35.5 Å². The molecule has 0 aromatic rings. The van der Waals surface area contributed by atoms with Crippen molar-refractivity contribution in [2.24, 2.45) is 11.7 Å². The van der Waals surface area contributed by atoms with Crippen LogP contribution in [-0.4, -0.2) is 73.6 Å². The molecule has 4 atom stereocenters. The molecule has 0 aliphatic heterocycles. The van der Waals surface area contributed by atoms with Crippen LogP contribution in [0.2, 0.25) is 0 Å². The molecule has 0 aliphatic carbocycles. The van der Waals surface area contributed by atoms with Crippen LogP contribution in [-0.2, 0) is 19.1 Å². The van der Waals surface area contributed by atoms with E-state index in [0.717, 1.165) is 0 Å². The smallest absolute Gasteiger partial charge is 0.320 e. The predicted octanol–water partition coefficient (Wildman–Crippen LogP) is -0.614. The Hall–Kier alpha value is -1.06. The van der Waals surface area contributed by atoms with Crippen LogP contribution in [0, 0.1) is 5.92 Å². The lowest BCUT2D eigenvalue weighted by Gasteiger charge is -2.26. The van der Waals surface area contributed by atoms with Gasteiger partial charge in [0.15, 0.2) is 0 Å². The SMILES string of the molecule is CC(NCCOCCOCC=O)C(C)C(O)CCC(N)C(=O)O. The third-order valence-electron chi connectivity index (χ3n) is 3.76. The molecule has 0 spiro atoms. The van der Waals surface area contributed by atoms with Crippen molar-refractivity contribution in [1.29, 1.82) is 0 Å². The Labute approximate surface area is 137 Å². The Morgan fingerprint density at radius 3 is 2.48 bits per heavy atom. The minimum atomic E-state index is -1.05. The largest absolute Gasteiger partial charge is 0.480 e. The van der Waals surface area contributed by atoms with E-state index >= 15 is 0 Å². The van der Waals surface area contributed by atoms with Crippen LogP contribution >= 0.6 is 0 Å². The quantitative estimate of drug-likeness (QED) is 0.230. The number of nitrogens with two attached hydrogens (primary N) is 1. The van der Waals surface area contributed by atoms with Crippen LogP contribution in [0.5, 0.6) is 0 Å². The number of hydrogen-bond donors (Lipinski definition) is 4. The van der Waals surface area contributed by atoms with Crippen LogP contribution in [0.1, 0.15) is 26.7 Å². The van der Waals surface area contributed by atoms with E-state index in [4.69, 9.17) is 20.3 Å². The molecule has 0 bridgehead atoms. The molecule has 136 valence electrons. The van der Waals surface area contributed by atoms with E-state index in [1.165, 1.54) is 0 Å². The molecule has 8 heteroatoms. The second-order valence-corrected chi connectivity index (χ2v) is 5.55. The van der Waals surface area contributed by atoms with Gasteiger partial charge in [-0.15, -0.1) is 0 Å². The van der Waals surface area contributed by atoms with Crippen molar-refractivity contribution in [2.75, 3.05) is 33.0 Å². The number of rotatable bonds is 15. The highest BCUT2D eigenvalue weighted by molar-refractivity contribution is 5.72. The van der Waals surface area contributed by atoms with Crippen molar-refractivity contribution >= 4 is 12.3 Å². The zero-order valence-electron chi connectivity index (χ0n) is 13.9. The highest BCUT2D eigenvalue weighted by Gasteiger charge is 2.22. The van der Waals surface area contributed by atoms with Crippen LogP contribution in [0.4, 0.5) is 0 Å². The molecule has 0 fully saturated rings. The summed E-state index contributed by atoms with van der Waals surface area (Å²) in [5.74, 6) is -1.09. The average Bonchev–Trinajstić information content (AvgIpc) is 2.53. The van der Waals surface area contributed by atoms with Crippen molar-refractivity contribution in [2.45, 2.75) is 44.9 Å². The van der Waals surface area contributed by atoms with Gasteiger partial charge in [0.1, 0.15) is 18.9 Å². The van der Waals surface area contributed by atoms with E-state index in [1.807, 2.05) is 13.8 Å². The number of aliphatic carboxylic acids is 1.